The van der Waals surface area contributed by atoms with E-state index in [1.165, 1.54) is 0 Å². The van der Waals surface area contributed by atoms with Crippen LogP contribution in [0.15, 0.2) is 48.8 Å². The van der Waals surface area contributed by atoms with E-state index < -0.39 is 11.2 Å². The van der Waals surface area contributed by atoms with Gasteiger partial charge in [0.2, 0.25) is 0 Å². The van der Waals surface area contributed by atoms with E-state index in [4.69, 9.17) is 19.4 Å². The van der Waals surface area contributed by atoms with E-state index in [-0.39, 0.29) is 30.3 Å². The number of hydrogen-bond acceptors (Lipinski definition) is 6. The highest BCUT2D eigenvalue weighted by Gasteiger charge is 2.51. The summed E-state index contributed by atoms with van der Waals surface area (Å²) in [6.45, 7) is 14.1. The van der Waals surface area contributed by atoms with Gasteiger partial charge in [0, 0.05) is 36.1 Å². The van der Waals surface area contributed by atoms with Gasteiger partial charge < -0.3 is 19.4 Å². The van der Waals surface area contributed by atoms with Gasteiger partial charge in [0.25, 0.3) is 0 Å². The quantitative estimate of drug-likeness (QED) is 0.214. The molecule has 0 radical (unpaired) electrons. The Bertz CT molecular complexity index is 1950. The second-order valence-electron chi connectivity index (χ2n) is 15.9. The number of rotatable bonds is 3. The largest absolute Gasteiger partial charge is 0.444 e. The Labute approximate surface area is 288 Å². The summed E-state index contributed by atoms with van der Waals surface area (Å²) in [7, 11) is 0. The fourth-order valence-electron chi connectivity index (χ4n) is 7.32. The number of amides is 2. The number of nitrogens with one attached hydrogen (secondary N) is 2. The topological polar surface area (TPSA) is 116 Å². The van der Waals surface area contributed by atoms with E-state index in [2.05, 4.69) is 59.1 Å². The van der Waals surface area contributed by atoms with Crippen molar-refractivity contribution in [2.24, 2.45) is 11.8 Å². The molecule has 4 heterocycles. The van der Waals surface area contributed by atoms with Crippen molar-refractivity contribution in [1.29, 1.82) is 0 Å². The number of imidazole rings is 2. The number of benzene rings is 2. The smallest absolute Gasteiger partial charge is 0.411 e. The Balaban J connectivity index is 1.05. The van der Waals surface area contributed by atoms with Crippen LogP contribution in [0.1, 0.15) is 109 Å². The van der Waals surface area contributed by atoms with Crippen molar-refractivity contribution in [1.82, 2.24) is 29.7 Å². The highest BCUT2D eigenvalue weighted by atomic mass is 16.6. The number of aromatic amines is 2. The van der Waals surface area contributed by atoms with Gasteiger partial charge in [0.05, 0.1) is 17.8 Å². The molecular weight excluding hydrogens is 616 g/mol. The number of nitrogens with zero attached hydrogens (tertiary/aromatic N) is 4. The molecule has 10 nitrogen and oxygen atoms in total. The average Bonchev–Trinajstić information content (AvgIpc) is 3.80. The maximum atomic E-state index is 13.1. The van der Waals surface area contributed by atoms with Crippen LogP contribution in [0.3, 0.4) is 0 Å². The van der Waals surface area contributed by atoms with Gasteiger partial charge in [-0.3, -0.25) is 9.80 Å². The summed E-state index contributed by atoms with van der Waals surface area (Å²) in [4.78, 5) is 46.1. The monoisotopic (exact) mass is 662 g/mol. The second-order valence-corrected chi connectivity index (χ2v) is 15.9. The standard InChI is InChI=1S/C39H46N6O4/c1-23-16-32(44(22-23)36(46)48-38(2,3)4)34-41-21-30(43-34)27-12-11-25-17-24(8-10-26(25)18-27)9-14-29-20-40-35(42-29)33-19-28-13-15-31(28)45(33)37(47)49-39(5,6)7/h8,10-12,17-18,20-21,23,28,31-33H,13,15-16,19,22H2,1-7H3,(H,40,42)(H,41,43)/t23-,28+,31+,32-,33-/m0/s1. The maximum absolute atomic E-state index is 13.1. The van der Waals surface area contributed by atoms with Gasteiger partial charge >= 0.3 is 12.2 Å². The zero-order valence-corrected chi connectivity index (χ0v) is 29.5. The Morgan fingerprint density at radius 1 is 0.816 bits per heavy atom. The summed E-state index contributed by atoms with van der Waals surface area (Å²) in [5, 5.41) is 2.15. The van der Waals surface area contributed by atoms with Gasteiger partial charge in [-0.25, -0.2) is 19.6 Å². The van der Waals surface area contributed by atoms with Crippen LogP contribution in [0, 0.1) is 23.7 Å². The molecular formula is C39H46N6O4. The lowest BCUT2D eigenvalue weighted by Gasteiger charge is -2.37. The summed E-state index contributed by atoms with van der Waals surface area (Å²) in [6.07, 6.45) is 7.02. The third-order valence-corrected chi connectivity index (χ3v) is 9.64. The van der Waals surface area contributed by atoms with Crippen molar-refractivity contribution in [3.8, 4) is 23.1 Å². The summed E-state index contributed by atoms with van der Waals surface area (Å²) in [5.74, 6) is 8.86. The van der Waals surface area contributed by atoms with Crippen LogP contribution in [0.2, 0.25) is 0 Å². The molecule has 10 heteroatoms. The molecule has 3 aliphatic rings. The molecule has 49 heavy (non-hydrogen) atoms. The number of H-pyrrole nitrogens is 2. The van der Waals surface area contributed by atoms with E-state index in [0.717, 1.165) is 64.9 Å². The zero-order chi connectivity index (χ0) is 34.7. The molecule has 5 atom stereocenters. The summed E-state index contributed by atoms with van der Waals surface area (Å²) in [5.41, 5.74) is 2.26. The molecule has 2 N–H and O–H groups in total. The number of likely N-dealkylation sites (tertiary alicyclic amines) is 2. The number of carbonyl (C=O) groups is 2. The Morgan fingerprint density at radius 3 is 2.24 bits per heavy atom. The lowest BCUT2D eigenvalue weighted by Crippen LogP contribution is -2.46. The maximum Gasteiger partial charge on any atom is 0.411 e. The molecule has 4 aromatic rings. The average molecular weight is 663 g/mol. The van der Waals surface area contributed by atoms with E-state index in [1.54, 1.807) is 4.90 Å². The van der Waals surface area contributed by atoms with Crippen molar-refractivity contribution in [2.45, 2.75) is 103 Å². The molecule has 7 rings (SSSR count). The van der Waals surface area contributed by atoms with Gasteiger partial charge in [-0.1, -0.05) is 31.0 Å². The van der Waals surface area contributed by atoms with E-state index in [0.29, 0.717) is 24.1 Å². The number of fused-ring (bicyclic) bond motifs is 2. The lowest BCUT2D eigenvalue weighted by atomic mass is 9.80. The van der Waals surface area contributed by atoms with Gasteiger partial charge in [0.1, 0.15) is 28.5 Å². The van der Waals surface area contributed by atoms with Crippen LogP contribution in [0.4, 0.5) is 9.59 Å². The minimum absolute atomic E-state index is 0.131. The minimum Gasteiger partial charge on any atom is -0.444 e. The van der Waals surface area contributed by atoms with Crippen molar-refractivity contribution in [3.05, 3.63) is 71.7 Å². The van der Waals surface area contributed by atoms with Gasteiger partial charge in [0.15, 0.2) is 0 Å². The number of carbonyl (C=O) groups excluding carboxylic acids is 2. The molecule has 0 bridgehead atoms. The molecule has 1 saturated carbocycles. The van der Waals surface area contributed by atoms with Gasteiger partial charge in [-0.15, -0.1) is 0 Å². The zero-order valence-electron chi connectivity index (χ0n) is 29.5. The van der Waals surface area contributed by atoms with Crippen molar-refractivity contribution >= 4 is 23.0 Å². The molecule has 0 spiro atoms. The Hall–Kier alpha value is -4.78. The van der Waals surface area contributed by atoms with Crippen molar-refractivity contribution in [3.63, 3.8) is 0 Å². The predicted molar refractivity (Wildman–Crippen MR) is 188 cm³/mol. The Morgan fingerprint density at radius 2 is 1.51 bits per heavy atom. The molecule has 2 aromatic carbocycles. The van der Waals surface area contributed by atoms with E-state index in [9.17, 15) is 9.59 Å². The molecule has 2 aliphatic heterocycles. The van der Waals surface area contributed by atoms with Crippen molar-refractivity contribution in [2.75, 3.05) is 6.54 Å². The molecule has 0 unspecified atom stereocenters. The third kappa shape index (κ3) is 6.89. The van der Waals surface area contributed by atoms with Crippen LogP contribution in [0.25, 0.3) is 22.0 Å². The van der Waals surface area contributed by atoms with Crippen LogP contribution in [-0.2, 0) is 9.47 Å². The third-order valence-electron chi connectivity index (χ3n) is 9.64. The first-order valence-electron chi connectivity index (χ1n) is 17.4. The van der Waals surface area contributed by atoms with E-state index in [1.807, 2.05) is 64.9 Å². The van der Waals surface area contributed by atoms with Crippen molar-refractivity contribution < 1.29 is 19.1 Å². The number of ether oxygens (including phenoxy) is 2. The molecule has 3 fully saturated rings. The second kappa shape index (κ2) is 12.3. The Kier molecular flexibility index (Phi) is 8.21. The van der Waals surface area contributed by atoms with Crippen LogP contribution in [0.5, 0.6) is 0 Å². The summed E-state index contributed by atoms with van der Waals surface area (Å²) < 4.78 is 11.4. The summed E-state index contributed by atoms with van der Waals surface area (Å²) >= 11 is 0. The number of aromatic nitrogens is 4. The highest BCUT2D eigenvalue weighted by Crippen LogP contribution is 2.49. The number of hydrogen-bond donors (Lipinski definition) is 2. The van der Waals surface area contributed by atoms with E-state index >= 15 is 0 Å². The fourth-order valence-corrected chi connectivity index (χ4v) is 7.32. The minimum atomic E-state index is -0.553. The first kappa shape index (κ1) is 32.8. The van der Waals surface area contributed by atoms with Crippen LogP contribution in [-0.4, -0.2) is 65.7 Å². The molecule has 2 amide bonds. The fraction of sp³-hybridized carbons (Fsp3) is 0.487. The van der Waals surface area contributed by atoms with Gasteiger partial charge in [-0.05, 0) is 114 Å². The lowest BCUT2D eigenvalue weighted by molar-refractivity contribution is 0.00473. The molecule has 2 saturated heterocycles. The van der Waals surface area contributed by atoms with Gasteiger partial charge in [-0.2, -0.15) is 0 Å². The first-order chi connectivity index (χ1) is 23.2. The first-order valence-corrected chi connectivity index (χ1v) is 17.4. The van der Waals surface area contributed by atoms with Crippen LogP contribution < -0.4 is 0 Å². The molecule has 256 valence electrons. The molecule has 1 aliphatic carbocycles. The summed E-state index contributed by atoms with van der Waals surface area (Å²) in [6, 6.07) is 12.4. The highest BCUT2D eigenvalue weighted by molar-refractivity contribution is 5.88. The molecule has 2 aromatic heterocycles. The van der Waals surface area contributed by atoms with Crippen LogP contribution >= 0.6 is 0 Å². The predicted octanol–water partition coefficient (Wildman–Crippen LogP) is 8.13. The SMILES string of the molecule is C[C@H]1C[C@@H](c2nc(-c3ccc4cc(C#Cc5c[nH]c([C@@H]6C[C@H]7CC[C@H]7N6C(=O)OC(C)(C)C)n5)ccc4c3)c[nH]2)N(C(=O)OC(C)(C)C)C1. The normalized spacial score (nSPS) is 23.5.